The predicted molar refractivity (Wildman–Crippen MR) is 80.7 cm³/mol. The summed E-state index contributed by atoms with van der Waals surface area (Å²) in [5.74, 6) is 0. The Kier molecular flexibility index (Phi) is 4.57. The fraction of sp³-hybridized carbons (Fsp3) is 0.143. The molecule has 0 saturated carbocycles. The lowest BCUT2D eigenvalue weighted by atomic mass is 10.00. The van der Waals surface area contributed by atoms with Gasteiger partial charge in [0.1, 0.15) is 0 Å². The van der Waals surface area contributed by atoms with E-state index in [2.05, 4.69) is 6.07 Å². The Hall–Kier alpha value is -0.670. The van der Waals surface area contributed by atoms with Gasteiger partial charge in [-0.3, -0.25) is 0 Å². The third kappa shape index (κ3) is 2.83. The first-order valence-corrected chi connectivity index (χ1v) is 7.45. The third-order valence-corrected chi connectivity index (χ3v) is 4.33. The van der Waals surface area contributed by atoms with E-state index in [-0.39, 0.29) is 6.04 Å². The Morgan fingerprint density at radius 3 is 2.44 bits per heavy atom. The first kappa shape index (κ1) is 13.8. The molecule has 2 rings (SSSR count). The maximum absolute atomic E-state index is 6.30. The van der Waals surface area contributed by atoms with E-state index in [1.54, 1.807) is 17.8 Å². The van der Waals surface area contributed by atoms with E-state index < -0.39 is 0 Å². The van der Waals surface area contributed by atoms with E-state index in [0.717, 1.165) is 11.1 Å². The quantitative estimate of drug-likeness (QED) is 0.826. The summed E-state index contributed by atoms with van der Waals surface area (Å²) < 4.78 is 0. The number of hydrogen-bond donors (Lipinski definition) is 1. The highest BCUT2D eigenvalue weighted by Gasteiger charge is 2.13. The Balaban J connectivity index is 2.41. The minimum atomic E-state index is -0.191. The van der Waals surface area contributed by atoms with Gasteiger partial charge in [0.15, 0.2) is 0 Å². The number of benzene rings is 2. The molecule has 1 atom stereocenters. The minimum absolute atomic E-state index is 0.191. The molecule has 0 spiro atoms. The summed E-state index contributed by atoms with van der Waals surface area (Å²) in [5.41, 5.74) is 8.36. The molecule has 94 valence electrons. The number of rotatable bonds is 3. The van der Waals surface area contributed by atoms with Gasteiger partial charge in [0.05, 0.1) is 16.1 Å². The minimum Gasteiger partial charge on any atom is -0.320 e. The van der Waals surface area contributed by atoms with Crippen LogP contribution in [0.5, 0.6) is 0 Å². The van der Waals surface area contributed by atoms with Crippen molar-refractivity contribution in [1.82, 2.24) is 0 Å². The fourth-order valence-electron chi connectivity index (χ4n) is 1.81. The molecule has 0 fully saturated rings. The van der Waals surface area contributed by atoms with Crippen LogP contribution in [0.15, 0.2) is 47.4 Å². The molecule has 0 radical (unpaired) electrons. The van der Waals surface area contributed by atoms with Gasteiger partial charge in [-0.05, 0) is 35.6 Å². The summed E-state index contributed by atoms with van der Waals surface area (Å²) in [6, 6.07) is 13.4. The van der Waals surface area contributed by atoms with Crippen LogP contribution in [-0.4, -0.2) is 6.26 Å². The molecular weight excluding hydrogens is 285 g/mol. The van der Waals surface area contributed by atoms with E-state index in [0.29, 0.717) is 10.0 Å². The molecule has 2 aromatic rings. The molecule has 0 aliphatic rings. The molecule has 0 bridgehead atoms. The average Bonchev–Trinajstić information content (AvgIpc) is 2.41. The number of nitrogens with two attached hydrogens (primary N) is 1. The van der Waals surface area contributed by atoms with Crippen molar-refractivity contribution in [3.63, 3.8) is 0 Å². The zero-order valence-electron chi connectivity index (χ0n) is 9.86. The lowest BCUT2D eigenvalue weighted by Crippen LogP contribution is -2.12. The van der Waals surface area contributed by atoms with Crippen LogP contribution in [-0.2, 0) is 0 Å². The maximum atomic E-state index is 6.30. The molecule has 2 aromatic carbocycles. The number of hydrogen-bond acceptors (Lipinski definition) is 2. The van der Waals surface area contributed by atoms with Gasteiger partial charge in [0, 0.05) is 4.90 Å². The summed E-state index contributed by atoms with van der Waals surface area (Å²) in [4.78, 5) is 1.18. The SMILES string of the molecule is CSc1ccccc1C(N)c1ccc(Cl)c(Cl)c1. The second-order valence-corrected chi connectivity index (χ2v) is 5.56. The van der Waals surface area contributed by atoms with Crippen molar-refractivity contribution < 1.29 is 0 Å². The summed E-state index contributed by atoms with van der Waals surface area (Å²) in [5, 5.41) is 1.08. The Morgan fingerprint density at radius 2 is 1.78 bits per heavy atom. The lowest BCUT2D eigenvalue weighted by Gasteiger charge is -2.16. The molecule has 0 aromatic heterocycles. The number of thioether (sulfide) groups is 1. The van der Waals surface area contributed by atoms with Crippen LogP contribution in [0.2, 0.25) is 10.0 Å². The van der Waals surface area contributed by atoms with Crippen LogP contribution in [0, 0.1) is 0 Å². The zero-order valence-corrected chi connectivity index (χ0v) is 12.2. The third-order valence-electron chi connectivity index (χ3n) is 2.78. The zero-order chi connectivity index (χ0) is 13.1. The fourth-order valence-corrected chi connectivity index (χ4v) is 2.76. The van der Waals surface area contributed by atoms with Crippen molar-refractivity contribution >= 4 is 35.0 Å². The van der Waals surface area contributed by atoms with Crippen LogP contribution >= 0.6 is 35.0 Å². The second-order valence-electron chi connectivity index (χ2n) is 3.89. The molecule has 0 aliphatic heterocycles. The molecule has 18 heavy (non-hydrogen) atoms. The van der Waals surface area contributed by atoms with Crippen LogP contribution in [0.3, 0.4) is 0 Å². The van der Waals surface area contributed by atoms with Crippen molar-refractivity contribution in [2.75, 3.05) is 6.26 Å². The molecule has 0 amide bonds. The van der Waals surface area contributed by atoms with Crippen molar-refractivity contribution in [1.29, 1.82) is 0 Å². The highest BCUT2D eigenvalue weighted by Crippen LogP contribution is 2.31. The van der Waals surface area contributed by atoms with Gasteiger partial charge in [-0.1, -0.05) is 47.5 Å². The van der Waals surface area contributed by atoms with E-state index in [4.69, 9.17) is 28.9 Å². The van der Waals surface area contributed by atoms with E-state index in [1.165, 1.54) is 4.90 Å². The Morgan fingerprint density at radius 1 is 1.06 bits per heavy atom. The van der Waals surface area contributed by atoms with Crippen molar-refractivity contribution in [3.8, 4) is 0 Å². The van der Waals surface area contributed by atoms with E-state index >= 15 is 0 Å². The van der Waals surface area contributed by atoms with Gasteiger partial charge in [-0.2, -0.15) is 0 Å². The van der Waals surface area contributed by atoms with Crippen molar-refractivity contribution in [3.05, 3.63) is 63.6 Å². The number of halogens is 2. The molecule has 0 saturated heterocycles. The lowest BCUT2D eigenvalue weighted by molar-refractivity contribution is 0.848. The molecule has 1 nitrogen and oxygen atoms in total. The summed E-state index contributed by atoms with van der Waals surface area (Å²) in [6.07, 6.45) is 2.04. The van der Waals surface area contributed by atoms with Crippen LogP contribution in [0.25, 0.3) is 0 Å². The predicted octanol–water partition coefficient (Wildman–Crippen LogP) is 4.76. The Labute approximate surface area is 121 Å². The largest absolute Gasteiger partial charge is 0.320 e. The summed E-state index contributed by atoms with van der Waals surface area (Å²) in [7, 11) is 0. The topological polar surface area (TPSA) is 26.0 Å². The molecular formula is C14H13Cl2NS. The molecule has 2 N–H and O–H groups in total. The summed E-state index contributed by atoms with van der Waals surface area (Å²) in [6.45, 7) is 0. The smallest absolute Gasteiger partial charge is 0.0595 e. The van der Waals surface area contributed by atoms with Crippen LogP contribution < -0.4 is 5.73 Å². The monoisotopic (exact) mass is 297 g/mol. The molecule has 0 aliphatic carbocycles. The van der Waals surface area contributed by atoms with Crippen molar-refractivity contribution in [2.24, 2.45) is 5.73 Å². The standard InChI is InChI=1S/C14H13Cl2NS/c1-18-13-5-3-2-4-10(13)14(17)9-6-7-11(15)12(16)8-9/h2-8,14H,17H2,1H3. The van der Waals surface area contributed by atoms with Crippen LogP contribution in [0.1, 0.15) is 17.2 Å². The van der Waals surface area contributed by atoms with E-state index in [9.17, 15) is 0 Å². The van der Waals surface area contributed by atoms with Gasteiger partial charge < -0.3 is 5.73 Å². The first-order valence-electron chi connectivity index (χ1n) is 5.47. The van der Waals surface area contributed by atoms with Gasteiger partial charge in [-0.15, -0.1) is 11.8 Å². The Bertz CT molecular complexity index is 557. The highest BCUT2D eigenvalue weighted by molar-refractivity contribution is 7.98. The maximum Gasteiger partial charge on any atom is 0.0595 e. The highest BCUT2D eigenvalue weighted by atomic mass is 35.5. The van der Waals surface area contributed by atoms with Gasteiger partial charge in [0.25, 0.3) is 0 Å². The van der Waals surface area contributed by atoms with Crippen LogP contribution in [0.4, 0.5) is 0 Å². The van der Waals surface area contributed by atoms with Gasteiger partial charge >= 0.3 is 0 Å². The van der Waals surface area contributed by atoms with E-state index in [1.807, 2.05) is 36.6 Å². The van der Waals surface area contributed by atoms with Gasteiger partial charge in [-0.25, -0.2) is 0 Å². The molecule has 4 heteroatoms. The average molecular weight is 298 g/mol. The molecule has 1 unspecified atom stereocenters. The second kappa shape index (κ2) is 5.98. The first-order chi connectivity index (χ1) is 8.63. The normalized spacial score (nSPS) is 12.4. The van der Waals surface area contributed by atoms with Crippen molar-refractivity contribution in [2.45, 2.75) is 10.9 Å². The molecule has 0 heterocycles. The van der Waals surface area contributed by atoms with Gasteiger partial charge in [0.2, 0.25) is 0 Å². The summed E-state index contributed by atoms with van der Waals surface area (Å²) >= 11 is 13.6.